The number of benzene rings is 1. The molecule has 9 nitrogen and oxygen atoms in total. The molecule has 9 heteroatoms. The van der Waals surface area contributed by atoms with Crippen LogP contribution in [0.3, 0.4) is 0 Å². The van der Waals surface area contributed by atoms with Crippen molar-refractivity contribution in [3.63, 3.8) is 0 Å². The van der Waals surface area contributed by atoms with Gasteiger partial charge in [0.2, 0.25) is 11.7 Å². The van der Waals surface area contributed by atoms with Crippen molar-refractivity contribution in [1.82, 2.24) is 29.4 Å². The quantitative estimate of drug-likeness (QED) is 0.541. The molecule has 2 aliphatic rings. The van der Waals surface area contributed by atoms with Crippen molar-refractivity contribution in [1.29, 1.82) is 0 Å². The van der Waals surface area contributed by atoms with Crippen LogP contribution in [0.1, 0.15) is 30.5 Å². The molecular weight excluding hydrogens is 384 g/mol. The zero-order valence-electron chi connectivity index (χ0n) is 16.5. The Kier molecular flexibility index (Phi) is 4.17. The van der Waals surface area contributed by atoms with Crippen molar-refractivity contribution in [2.45, 2.75) is 25.2 Å². The molecule has 1 aliphatic heterocycles. The third-order valence-corrected chi connectivity index (χ3v) is 5.89. The predicted molar refractivity (Wildman–Crippen MR) is 110 cm³/mol. The summed E-state index contributed by atoms with van der Waals surface area (Å²) in [6.45, 7) is 4.18. The maximum absolute atomic E-state index is 13.0. The van der Waals surface area contributed by atoms with E-state index in [9.17, 15) is 4.79 Å². The zero-order chi connectivity index (χ0) is 20.1. The molecule has 0 bridgehead atoms. The fraction of sp³-hybridized carbons (Fsp3) is 0.429. The van der Waals surface area contributed by atoms with Crippen LogP contribution in [0, 0.1) is 0 Å². The smallest absolute Gasteiger partial charge is 0.275 e. The van der Waals surface area contributed by atoms with Crippen LogP contribution in [0.4, 0.5) is 0 Å². The lowest BCUT2D eigenvalue weighted by Gasteiger charge is -2.26. The van der Waals surface area contributed by atoms with E-state index >= 15 is 0 Å². The van der Waals surface area contributed by atoms with Crippen molar-refractivity contribution < 1.29 is 9.26 Å². The Bertz CT molecular complexity index is 1280. The standard InChI is InChI=1S/C21H22N6O3/c28-20-18-17(19-24-21(30-25-19)13-5-6-13)23-16(7-8-26-9-11-29-12-10-26)27(18)15-4-2-1-3-14(15)22-20/h1-4,13H,5-12H2,(H,22,28). The summed E-state index contributed by atoms with van der Waals surface area (Å²) in [5.41, 5.74) is 2.43. The largest absolute Gasteiger partial charge is 0.379 e. The Morgan fingerprint density at radius 1 is 1.13 bits per heavy atom. The number of H-pyrrole nitrogens is 1. The molecule has 0 radical (unpaired) electrons. The highest BCUT2D eigenvalue weighted by Gasteiger charge is 2.31. The summed E-state index contributed by atoms with van der Waals surface area (Å²) in [6.07, 6.45) is 2.85. The van der Waals surface area contributed by atoms with Crippen LogP contribution in [0.15, 0.2) is 33.6 Å². The van der Waals surface area contributed by atoms with Crippen LogP contribution >= 0.6 is 0 Å². The van der Waals surface area contributed by atoms with Crippen LogP contribution in [0.25, 0.3) is 28.1 Å². The van der Waals surface area contributed by atoms with Gasteiger partial charge in [0.25, 0.3) is 5.56 Å². The first kappa shape index (κ1) is 17.8. The van der Waals surface area contributed by atoms with Gasteiger partial charge in [0.15, 0.2) is 0 Å². The van der Waals surface area contributed by atoms with Crippen LogP contribution in [0.5, 0.6) is 0 Å². The summed E-state index contributed by atoms with van der Waals surface area (Å²) >= 11 is 0. The van der Waals surface area contributed by atoms with E-state index in [1.165, 1.54) is 0 Å². The number of rotatable bonds is 5. The summed E-state index contributed by atoms with van der Waals surface area (Å²) in [4.78, 5) is 27.8. The first-order valence-electron chi connectivity index (χ1n) is 10.4. The molecule has 4 heterocycles. The third kappa shape index (κ3) is 3.01. The first-order valence-corrected chi connectivity index (χ1v) is 10.4. The highest BCUT2D eigenvalue weighted by atomic mass is 16.5. The van der Waals surface area contributed by atoms with Gasteiger partial charge in [0, 0.05) is 32.0 Å². The molecule has 1 aliphatic carbocycles. The van der Waals surface area contributed by atoms with Gasteiger partial charge in [-0.05, 0) is 25.0 Å². The minimum atomic E-state index is -0.202. The lowest BCUT2D eigenvalue weighted by Crippen LogP contribution is -2.37. The van der Waals surface area contributed by atoms with Crippen molar-refractivity contribution >= 4 is 16.6 Å². The van der Waals surface area contributed by atoms with Crippen LogP contribution in [-0.4, -0.2) is 62.3 Å². The summed E-state index contributed by atoms with van der Waals surface area (Å²) in [7, 11) is 0. The molecule has 2 fully saturated rings. The second kappa shape index (κ2) is 7.03. The monoisotopic (exact) mass is 406 g/mol. The SMILES string of the molecule is O=c1[nH]c2ccccc2n2c(CCN3CCOCC3)nc(-c3noc(C4CC4)n3)c12. The molecule has 1 saturated heterocycles. The molecule has 0 spiro atoms. The van der Waals surface area contributed by atoms with E-state index in [1.807, 2.05) is 28.7 Å². The van der Waals surface area contributed by atoms with E-state index in [1.54, 1.807) is 0 Å². The van der Waals surface area contributed by atoms with Crippen molar-refractivity contribution in [3.05, 3.63) is 46.3 Å². The van der Waals surface area contributed by atoms with Crippen LogP contribution < -0.4 is 5.56 Å². The zero-order valence-corrected chi connectivity index (χ0v) is 16.5. The van der Waals surface area contributed by atoms with Crippen LogP contribution in [-0.2, 0) is 11.2 Å². The normalized spacial score (nSPS) is 17.9. The number of morpholine rings is 1. The molecular formula is C21H22N6O3. The van der Waals surface area contributed by atoms with Gasteiger partial charge in [0.05, 0.1) is 24.2 Å². The molecule has 0 atom stereocenters. The number of para-hydroxylation sites is 2. The molecule has 1 saturated carbocycles. The van der Waals surface area contributed by atoms with E-state index in [0.717, 1.165) is 62.5 Å². The van der Waals surface area contributed by atoms with Crippen LogP contribution in [0.2, 0.25) is 0 Å². The van der Waals surface area contributed by atoms with Gasteiger partial charge in [0.1, 0.15) is 17.0 Å². The number of hydrogen-bond acceptors (Lipinski definition) is 7. The van der Waals surface area contributed by atoms with Crippen molar-refractivity contribution in [3.8, 4) is 11.5 Å². The number of imidazole rings is 1. The van der Waals surface area contributed by atoms with Gasteiger partial charge < -0.3 is 14.2 Å². The average Bonchev–Trinajstić information content (AvgIpc) is 3.38. The molecule has 4 aromatic rings. The minimum Gasteiger partial charge on any atom is -0.379 e. The van der Waals surface area contributed by atoms with E-state index in [2.05, 4.69) is 20.0 Å². The van der Waals surface area contributed by atoms with Gasteiger partial charge in [-0.1, -0.05) is 17.3 Å². The van der Waals surface area contributed by atoms with Crippen molar-refractivity contribution in [2.24, 2.45) is 0 Å². The maximum atomic E-state index is 13.0. The van der Waals surface area contributed by atoms with Crippen molar-refractivity contribution in [2.75, 3.05) is 32.8 Å². The van der Waals surface area contributed by atoms with Gasteiger partial charge in [-0.25, -0.2) is 4.98 Å². The number of aromatic nitrogens is 5. The second-order valence-corrected chi connectivity index (χ2v) is 7.97. The Morgan fingerprint density at radius 3 is 2.80 bits per heavy atom. The average molecular weight is 406 g/mol. The van der Waals surface area contributed by atoms with E-state index in [-0.39, 0.29) is 5.56 Å². The summed E-state index contributed by atoms with van der Waals surface area (Å²) in [6, 6.07) is 7.77. The molecule has 0 unspecified atom stereocenters. The number of ether oxygens (including phenoxy) is 1. The highest BCUT2D eigenvalue weighted by molar-refractivity contribution is 5.83. The summed E-state index contributed by atoms with van der Waals surface area (Å²) in [5, 5.41) is 4.14. The number of fused-ring (bicyclic) bond motifs is 3. The van der Waals surface area contributed by atoms with Gasteiger partial charge in [-0.3, -0.25) is 14.1 Å². The predicted octanol–water partition coefficient (Wildman–Crippen LogP) is 1.98. The first-order chi connectivity index (χ1) is 14.8. The third-order valence-electron chi connectivity index (χ3n) is 5.89. The number of nitrogens with one attached hydrogen (secondary N) is 1. The second-order valence-electron chi connectivity index (χ2n) is 7.97. The summed E-state index contributed by atoms with van der Waals surface area (Å²) in [5.74, 6) is 2.19. The molecule has 0 amide bonds. The number of aromatic amines is 1. The van der Waals surface area contributed by atoms with E-state index in [0.29, 0.717) is 35.3 Å². The summed E-state index contributed by atoms with van der Waals surface area (Å²) < 4.78 is 12.8. The molecule has 1 N–H and O–H groups in total. The highest BCUT2D eigenvalue weighted by Crippen LogP contribution is 2.39. The van der Waals surface area contributed by atoms with Gasteiger partial charge in [-0.15, -0.1) is 0 Å². The minimum absolute atomic E-state index is 0.202. The fourth-order valence-electron chi connectivity index (χ4n) is 4.13. The van der Waals surface area contributed by atoms with Gasteiger partial charge >= 0.3 is 0 Å². The van der Waals surface area contributed by atoms with Gasteiger partial charge in [-0.2, -0.15) is 4.98 Å². The van der Waals surface area contributed by atoms with E-state index < -0.39 is 0 Å². The van der Waals surface area contributed by atoms with E-state index in [4.69, 9.17) is 14.2 Å². The molecule has 3 aromatic heterocycles. The Balaban J connectivity index is 1.49. The Labute approximate surface area is 171 Å². The fourth-order valence-corrected chi connectivity index (χ4v) is 4.13. The molecule has 1 aromatic carbocycles. The topological polar surface area (TPSA) is 102 Å². The molecule has 154 valence electrons. The Hall–Kier alpha value is -3.04. The molecule has 6 rings (SSSR count). The Morgan fingerprint density at radius 2 is 1.97 bits per heavy atom. The number of nitrogens with zero attached hydrogens (tertiary/aromatic N) is 5. The maximum Gasteiger partial charge on any atom is 0.275 e. The number of hydrogen-bond donors (Lipinski definition) is 1. The molecule has 30 heavy (non-hydrogen) atoms. The lowest BCUT2D eigenvalue weighted by molar-refractivity contribution is 0.0382. The lowest BCUT2D eigenvalue weighted by atomic mass is 10.2.